The van der Waals surface area contributed by atoms with Crippen molar-refractivity contribution in [1.82, 2.24) is 14.8 Å². The minimum Gasteiger partial charge on any atom is -0.496 e. The first-order chi connectivity index (χ1) is 16.2. The van der Waals surface area contributed by atoms with Crippen LogP contribution in [0.2, 0.25) is 0 Å². The van der Waals surface area contributed by atoms with E-state index in [2.05, 4.69) is 19.2 Å². The molecule has 1 N–H and O–H groups in total. The molecule has 3 rings (SSSR count). The first-order valence-corrected chi connectivity index (χ1v) is 11.8. The molecule has 34 heavy (non-hydrogen) atoms. The van der Waals surface area contributed by atoms with Crippen molar-refractivity contribution in [3.8, 4) is 5.75 Å². The van der Waals surface area contributed by atoms with Gasteiger partial charge in [-0.15, -0.1) is 0 Å². The molecule has 1 saturated heterocycles. The van der Waals surface area contributed by atoms with Gasteiger partial charge < -0.3 is 24.3 Å². The summed E-state index contributed by atoms with van der Waals surface area (Å²) in [5.74, 6) is 0.240. The zero-order valence-electron chi connectivity index (χ0n) is 20.7. The number of benzene rings is 1. The van der Waals surface area contributed by atoms with Crippen LogP contribution < -0.4 is 15.5 Å². The molecular formula is C26H35N3O5. The maximum absolute atomic E-state index is 13.4. The van der Waals surface area contributed by atoms with Gasteiger partial charge in [0.15, 0.2) is 0 Å². The van der Waals surface area contributed by atoms with Gasteiger partial charge in [0.2, 0.25) is 5.43 Å². The third-order valence-electron chi connectivity index (χ3n) is 5.81. The van der Waals surface area contributed by atoms with Crippen molar-refractivity contribution in [2.24, 2.45) is 5.92 Å². The number of carbonyl (C=O) groups excluding carboxylic acids is 2. The summed E-state index contributed by atoms with van der Waals surface area (Å²) in [5.41, 5.74) is 0.244. The molecule has 8 heteroatoms. The molecular weight excluding hydrogens is 434 g/mol. The smallest absolute Gasteiger partial charge is 0.259 e. The Morgan fingerprint density at radius 1 is 1.12 bits per heavy atom. The van der Waals surface area contributed by atoms with Crippen LogP contribution in [-0.2, 0) is 11.3 Å². The van der Waals surface area contributed by atoms with E-state index in [4.69, 9.17) is 9.47 Å². The molecule has 0 aliphatic carbocycles. The summed E-state index contributed by atoms with van der Waals surface area (Å²) in [6.45, 7) is 9.50. The SMILES string of the molecule is COc1ccccc1Cn1cc(C(=O)NCCC(C)C)c(=O)c(C(=O)N2C[C@@H](C)O[C@@H](C)C2)c1. The fourth-order valence-corrected chi connectivity index (χ4v) is 4.15. The second-order valence-corrected chi connectivity index (χ2v) is 9.30. The van der Waals surface area contributed by atoms with Crippen molar-refractivity contribution >= 4 is 11.8 Å². The van der Waals surface area contributed by atoms with Crippen LogP contribution in [0.1, 0.15) is 60.4 Å². The molecule has 0 bridgehead atoms. The van der Waals surface area contributed by atoms with E-state index in [0.717, 1.165) is 12.0 Å². The second-order valence-electron chi connectivity index (χ2n) is 9.30. The van der Waals surface area contributed by atoms with Crippen LogP contribution in [0.25, 0.3) is 0 Å². The zero-order chi connectivity index (χ0) is 24.8. The summed E-state index contributed by atoms with van der Waals surface area (Å²) < 4.78 is 12.9. The maximum Gasteiger partial charge on any atom is 0.259 e. The van der Waals surface area contributed by atoms with Crippen LogP contribution in [0.5, 0.6) is 5.75 Å². The van der Waals surface area contributed by atoms with E-state index >= 15 is 0 Å². The van der Waals surface area contributed by atoms with Gasteiger partial charge in [-0.2, -0.15) is 0 Å². The number of ether oxygens (including phenoxy) is 2. The fourth-order valence-electron chi connectivity index (χ4n) is 4.15. The van der Waals surface area contributed by atoms with Crippen molar-refractivity contribution < 1.29 is 19.1 Å². The van der Waals surface area contributed by atoms with Crippen LogP contribution in [0.3, 0.4) is 0 Å². The number of hydrogen-bond acceptors (Lipinski definition) is 5. The Hall–Kier alpha value is -3.13. The Morgan fingerprint density at radius 2 is 1.76 bits per heavy atom. The van der Waals surface area contributed by atoms with Crippen molar-refractivity contribution in [2.45, 2.75) is 52.9 Å². The first-order valence-electron chi connectivity index (χ1n) is 11.8. The molecule has 0 spiro atoms. The number of para-hydroxylation sites is 1. The molecule has 0 saturated carbocycles. The normalized spacial score (nSPS) is 18.1. The molecule has 1 aromatic carbocycles. The highest BCUT2D eigenvalue weighted by Gasteiger charge is 2.29. The maximum atomic E-state index is 13.4. The van der Waals surface area contributed by atoms with E-state index in [9.17, 15) is 14.4 Å². The van der Waals surface area contributed by atoms with Crippen LogP contribution in [-0.4, -0.2) is 60.2 Å². The average molecular weight is 470 g/mol. The predicted octanol–water partition coefficient (Wildman–Crippen LogP) is 2.93. The van der Waals surface area contributed by atoms with Crippen molar-refractivity contribution in [3.05, 3.63) is 63.6 Å². The molecule has 8 nitrogen and oxygen atoms in total. The van der Waals surface area contributed by atoms with Gasteiger partial charge in [-0.1, -0.05) is 32.0 Å². The largest absolute Gasteiger partial charge is 0.496 e. The van der Waals surface area contributed by atoms with Gasteiger partial charge in [0.05, 0.1) is 25.9 Å². The molecule has 2 aromatic rings. The third-order valence-corrected chi connectivity index (χ3v) is 5.81. The summed E-state index contributed by atoms with van der Waals surface area (Å²) in [7, 11) is 1.59. The monoisotopic (exact) mass is 469 g/mol. The fraction of sp³-hybridized carbons (Fsp3) is 0.500. The lowest BCUT2D eigenvalue weighted by Gasteiger charge is -2.35. The Balaban J connectivity index is 1.99. The van der Waals surface area contributed by atoms with Gasteiger partial charge >= 0.3 is 0 Å². The number of rotatable bonds is 8. The van der Waals surface area contributed by atoms with E-state index in [1.165, 1.54) is 12.4 Å². The van der Waals surface area contributed by atoms with Gasteiger partial charge in [-0.3, -0.25) is 14.4 Å². The second kappa shape index (κ2) is 11.3. The van der Waals surface area contributed by atoms with E-state index in [0.29, 0.717) is 37.8 Å². The summed E-state index contributed by atoms with van der Waals surface area (Å²) >= 11 is 0. The highest BCUT2D eigenvalue weighted by molar-refractivity contribution is 5.99. The standard InChI is InChI=1S/C26H35N3O5/c1-17(2)10-11-27-25(31)21-15-28(14-20-8-6-7-9-23(20)33-5)16-22(24(21)30)26(32)29-12-18(3)34-19(4)13-29/h6-9,15-19H,10-14H2,1-5H3,(H,27,31)/t18-,19+. The summed E-state index contributed by atoms with van der Waals surface area (Å²) in [5, 5.41) is 2.82. The van der Waals surface area contributed by atoms with Gasteiger partial charge in [-0.05, 0) is 32.3 Å². The summed E-state index contributed by atoms with van der Waals surface area (Å²) in [6.07, 6.45) is 3.58. The Morgan fingerprint density at radius 3 is 2.41 bits per heavy atom. The molecule has 1 aliphatic heterocycles. The van der Waals surface area contributed by atoms with Gasteiger partial charge in [0.25, 0.3) is 11.8 Å². The van der Waals surface area contributed by atoms with E-state index in [1.807, 2.05) is 38.1 Å². The number of pyridine rings is 1. The lowest BCUT2D eigenvalue weighted by atomic mass is 10.1. The van der Waals surface area contributed by atoms with Gasteiger partial charge in [-0.25, -0.2) is 0 Å². The number of amides is 2. The molecule has 0 unspecified atom stereocenters. The lowest BCUT2D eigenvalue weighted by Crippen LogP contribution is -2.49. The minimum atomic E-state index is -0.560. The quantitative estimate of drug-likeness (QED) is 0.642. The summed E-state index contributed by atoms with van der Waals surface area (Å²) in [4.78, 5) is 41.3. The highest BCUT2D eigenvalue weighted by Crippen LogP contribution is 2.19. The van der Waals surface area contributed by atoms with Crippen LogP contribution in [0, 0.1) is 5.92 Å². The molecule has 1 aromatic heterocycles. The van der Waals surface area contributed by atoms with Crippen LogP contribution in [0.4, 0.5) is 0 Å². The molecule has 0 radical (unpaired) electrons. The lowest BCUT2D eigenvalue weighted by molar-refractivity contribution is -0.0586. The van der Waals surface area contributed by atoms with Gasteiger partial charge in [0, 0.05) is 37.6 Å². The number of carbonyl (C=O) groups is 2. The van der Waals surface area contributed by atoms with Crippen molar-refractivity contribution in [3.63, 3.8) is 0 Å². The predicted molar refractivity (Wildman–Crippen MR) is 130 cm³/mol. The third kappa shape index (κ3) is 6.26. The number of nitrogens with zero attached hydrogens (tertiary/aromatic N) is 2. The molecule has 184 valence electrons. The Kier molecular flexibility index (Phi) is 8.50. The minimum absolute atomic E-state index is 0.0206. The van der Waals surface area contributed by atoms with Crippen molar-refractivity contribution in [1.29, 1.82) is 0 Å². The van der Waals surface area contributed by atoms with E-state index in [1.54, 1.807) is 16.6 Å². The summed E-state index contributed by atoms with van der Waals surface area (Å²) in [6, 6.07) is 7.52. The number of hydrogen-bond donors (Lipinski definition) is 1. The molecule has 2 heterocycles. The Labute approximate surface area is 200 Å². The highest BCUT2D eigenvalue weighted by atomic mass is 16.5. The van der Waals surface area contributed by atoms with E-state index < -0.39 is 17.2 Å². The number of methoxy groups -OCH3 is 1. The first kappa shape index (κ1) is 25.5. The van der Waals surface area contributed by atoms with Crippen molar-refractivity contribution in [2.75, 3.05) is 26.7 Å². The molecule has 1 fully saturated rings. The van der Waals surface area contributed by atoms with Gasteiger partial charge in [0.1, 0.15) is 16.9 Å². The van der Waals surface area contributed by atoms with Crippen LogP contribution >= 0.6 is 0 Å². The van der Waals surface area contributed by atoms with Crippen LogP contribution in [0.15, 0.2) is 41.5 Å². The molecule has 2 atom stereocenters. The van der Waals surface area contributed by atoms with E-state index in [-0.39, 0.29) is 23.3 Å². The number of nitrogens with one attached hydrogen (secondary N) is 1. The Bertz CT molecular complexity index is 1070. The average Bonchev–Trinajstić information content (AvgIpc) is 2.79. The number of aromatic nitrogens is 1. The molecule has 1 aliphatic rings. The molecule has 2 amide bonds. The number of morpholine rings is 1. The topological polar surface area (TPSA) is 89.9 Å². The zero-order valence-corrected chi connectivity index (χ0v) is 20.7.